The molecule has 0 unspecified atom stereocenters. The molecule has 1 heterocycles. The molecule has 5 heteroatoms. The Hall–Kier alpha value is -0.290. The summed E-state index contributed by atoms with van der Waals surface area (Å²) < 4.78 is 2.27. The lowest BCUT2D eigenvalue weighted by molar-refractivity contribution is -0.119. The van der Waals surface area contributed by atoms with E-state index in [2.05, 4.69) is 17.5 Å². The van der Waals surface area contributed by atoms with Crippen molar-refractivity contribution >= 4 is 35.9 Å². The first-order chi connectivity index (χ1) is 5.24. The van der Waals surface area contributed by atoms with Crippen LogP contribution in [0.4, 0.5) is 0 Å². The fourth-order valence-electron chi connectivity index (χ4n) is 1.08. The molecule has 0 aromatic rings. The predicted molar refractivity (Wildman–Crippen MR) is 50.5 cm³/mol. The highest BCUT2D eigenvalue weighted by Crippen LogP contribution is 2.10. The van der Waals surface area contributed by atoms with Gasteiger partial charge >= 0.3 is 0 Å². The fraction of sp³-hybridized carbons (Fsp3) is 0.667. The first-order valence-corrected chi connectivity index (χ1v) is 4.30. The van der Waals surface area contributed by atoms with Crippen LogP contribution in [-0.4, -0.2) is 28.9 Å². The second-order valence-corrected chi connectivity index (χ2v) is 3.15. The Bertz CT molecular complexity index is 183. The zero-order valence-corrected chi connectivity index (χ0v) is 7.75. The number of carbonyl (C=O) groups excluding carboxylic acids is 1. The summed E-state index contributed by atoms with van der Waals surface area (Å²) in [4.78, 5) is 13.6. The molecule has 0 atom stereocenters. The van der Waals surface area contributed by atoms with Gasteiger partial charge < -0.3 is 9.62 Å². The normalized spacial score (nSPS) is 17.2. The minimum Gasteiger partial charge on any atom is -0.357 e. The SMILES string of the molecule is O=C(CN1CCCC1=S)NS. The van der Waals surface area contributed by atoms with Gasteiger partial charge in [-0.2, -0.15) is 0 Å². The molecule has 0 aromatic carbocycles. The van der Waals surface area contributed by atoms with Crippen LogP contribution < -0.4 is 4.72 Å². The average Bonchev–Trinajstić information content (AvgIpc) is 2.37. The number of carbonyl (C=O) groups is 1. The first kappa shape index (κ1) is 8.80. The zero-order valence-electron chi connectivity index (χ0n) is 6.04. The molecule has 1 aliphatic heterocycles. The van der Waals surface area contributed by atoms with E-state index < -0.39 is 0 Å². The van der Waals surface area contributed by atoms with Gasteiger partial charge in [0.1, 0.15) is 0 Å². The maximum absolute atomic E-state index is 10.8. The molecule has 1 rings (SSSR count). The average molecular weight is 190 g/mol. The molecule has 0 aromatic heterocycles. The number of rotatable bonds is 2. The van der Waals surface area contributed by atoms with Crippen LogP contribution in [0.5, 0.6) is 0 Å². The molecule has 0 saturated carbocycles. The number of hydrogen-bond donors (Lipinski definition) is 2. The molecular weight excluding hydrogens is 180 g/mol. The van der Waals surface area contributed by atoms with E-state index in [1.54, 1.807) is 0 Å². The monoisotopic (exact) mass is 190 g/mol. The summed E-state index contributed by atoms with van der Waals surface area (Å²) in [6.07, 6.45) is 2.01. The van der Waals surface area contributed by atoms with Crippen LogP contribution in [0, 0.1) is 0 Å². The molecule has 3 nitrogen and oxygen atoms in total. The molecule has 1 saturated heterocycles. The fourth-order valence-corrected chi connectivity index (χ4v) is 1.45. The second kappa shape index (κ2) is 3.92. The number of likely N-dealkylation sites (tertiary alicyclic amines) is 1. The number of thiol groups is 1. The van der Waals surface area contributed by atoms with Crippen LogP contribution in [0.25, 0.3) is 0 Å². The van der Waals surface area contributed by atoms with Gasteiger partial charge in [0.15, 0.2) is 0 Å². The molecule has 1 aliphatic rings. The smallest absolute Gasteiger partial charge is 0.249 e. The van der Waals surface area contributed by atoms with Gasteiger partial charge in [-0.1, -0.05) is 25.0 Å². The van der Waals surface area contributed by atoms with Gasteiger partial charge in [0.05, 0.1) is 11.5 Å². The van der Waals surface area contributed by atoms with Crippen LogP contribution in [0.2, 0.25) is 0 Å². The van der Waals surface area contributed by atoms with Crippen LogP contribution in [-0.2, 0) is 4.79 Å². The van der Waals surface area contributed by atoms with Crippen molar-refractivity contribution in [1.29, 1.82) is 0 Å². The Morgan fingerprint density at radius 1 is 1.82 bits per heavy atom. The summed E-state index contributed by atoms with van der Waals surface area (Å²) in [5, 5.41) is 0. The number of amides is 1. The predicted octanol–water partition coefficient (Wildman–Crippen LogP) is 0.371. The maximum atomic E-state index is 10.8. The highest BCUT2D eigenvalue weighted by molar-refractivity contribution is 7.80. The standard InChI is InChI=1S/C6H10N2OS2/c9-5(7-11)4-8-3-1-2-6(8)10/h11H,1-4H2,(H,7,9). The van der Waals surface area contributed by atoms with Crippen molar-refractivity contribution in [1.82, 2.24) is 9.62 Å². The maximum Gasteiger partial charge on any atom is 0.249 e. The summed E-state index contributed by atoms with van der Waals surface area (Å²) in [6.45, 7) is 1.25. The van der Waals surface area contributed by atoms with Crippen molar-refractivity contribution < 1.29 is 4.79 Å². The van der Waals surface area contributed by atoms with Gasteiger partial charge in [-0.3, -0.25) is 4.79 Å². The Morgan fingerprint density at radius 2 is 2.55 bits per heavy atom. The van der Waals surface area contributed by atoms with Crippen LogP contribution in [0.3, 0.4) is 0 Å². The lowest BCUT2D eigenvalue weighted by Crippen LogP contribution is -2.33. The van der Waals surface area contributed by atoms with Crippen molar-refractivity contribution in [2.45, 2.75) is 12.8 Å². The molecule has 11 heavy (non-hydrogen) atoms. The number of thiocarbonyl (C=S) groups is 1. The van der Waals surface area contributed by atoms with Crippen molar-refractivity contribution in [3.05, 3.63) is 0 Å². The summed E-state index contributed by atoms with van der Waals surface area (Å²) >= 11 is 8.68. The Labute approximate surface area is 76.7 Å². The molecule has 0 radical (unpaired) electrons. The van der Waals surface area contributed by atoms with Crippen LogP contribution in [0.1, 0.15) is 12.8 Å². The van der Waals surface area contributed by atoms with Crippen molar-refractivity contribution in [3.63, 3.8) is 0 Å². The van der Waals surface area contributed by atoms with Gasteiger partial charge in [-0.15, -0.1) is 0 Å². The minimum absolute atomic E-state index is 0.0995. The molecular formula is C6H10N2OS2. The third kappa shape index (κ3) is 2.34. The van der Waals surface area contributed by atoms with E-state index in [1.807, 2.05) is 4.90 Å². The van der Waals surface area contributed by atoms with E-state index in [4.69, 9.17) is 12.2 Å². The molecule has 1 fully saturated rings. The molecule has 1 amide bonds. The summed E-state index contributed by atoms with van der Waals surface area (Å²) in [5.74, 6) is -0.0995. The number of nitrogens with zero attached hydrogens (tertiary/aromatic N) is 1. The van der Waals surface area contributed by atoms with Gasteiger partial charge in [0.25, 0.3) is 0 Å². The second-order valence-electron chi connectivity index (χ2n) is 2.45. The lowest BCUT2D eigenvalue weighted by atomic mass is 10.4. The van der Waals surface area contributed by atoms with Crippen molar-refractivity contribution in [2.75, 3.05) is 13.1 Å². The quantitative estimate of drug-likeness (QED) is 0.487. The zero-order chi connectivity index (χ0) is 8.27. The summed E-state index contributed by atoms with van der Waals surface area (Å²) in [6, 6.07) is 0. The van der Waals surface area contributed by atoms with Gasteiger partial charge in [-0.25, -0.2) is 0 Å². The number of nitrogens with one attached hydrogen (secondary N) is 1. The third-order valence-electron chi connectivity index (χ3n) is 1.63. The summed E-state index contributed by atoms with van der Waals surface area (Å²) in [5.41, 5.74) is 0. The van der Waals surface area contributed by atoms with Crippen molar-refractivity contribution in [2.24, 2.45) is 0 Å². The van der Waals surface area contributed by atoms with Gasteiger partial charge in [0.2, 0.25) is 5.91 Å². The Balaban J connectivity index is 2.36. The number of hydrogen-bond acceptors (Lipinski definition) is 3. The topological polar surface area (TPSA) is 32.3 Å². The Morgan fingerprint density at radius 3 is 3.00 bits per heavy atom. The molecule has 0 bridgehead atoms. The molecule has 1 N–H and O–H groups in total. The van der Waals surface area contributed by atoms with Gasteiger partial charge in [-0.05, 0) is 12.8 Å². The third-order valence-corrected chi connectivity index (χ3v) is 2.34. The highest BCUT2D eigenvalue weighted by atomic mass is 32.1. The van der Waals surface area contributed by atoms with E-state index >= 15 is 0 Å². The van der Waals surface area contributed by atoms with Crippen molar-refractivity contribution in [3.8, 4) is 0 Å². The van der Waals surface area contributed by atoms with E-state index in [0.717, 1.165) is 24.4 Å². The molecule has 62 valence electrons. The van der Waals surface area contributed by atoms with E-state index in [1.165, 1.54) is 0 Å². The van der Waals surface area contributed by atoms with E-state index in [-0.39, 0.29) is 5.91 Å². The van der Waals surface area contributed by atoms with Crippen LogP contribution >= 0.6 is 25.0 Å². The summed E-state index contributed by atoms with van der Waals surface area (Å²) in [7, 11) is 0. The molecule has 0 spiro atoms. The van der Waals surface area contributed by atoms with Crippen LogP contribution in [0.15, 0.2) is 0 Å². The first-order valence-electron chi connectivity index (χ1n) is 3.45. The van der Waals surface area contributed by atoms with E-state index in [9.17, 15) is 4.79 Å². The van der Waals surface area contributed by atoms with E-state index in [0.29, 0.717) is 6.54 Å². The lowest BCUT2D eigenvalue weighted by Gasteiger charge is -2.15. The molecule has 0 aliphatic carbocycles. The van der Waals surface area contributed by atoms with Gasteiger partial charge in [0, 0.05) is 6.54 Å². The largest absolute Gasteiger partial charge is 0.357 e. The minimum atomic E-state index is -0.0995. The Kier molecular flexibility index (Phi) is 3.14. The highest BCUT2D eigenvalue weighted by Gasteiger charge is 2.18.